The van der Waals surface area contributed by atoms with Crippen LogP contribution in [0.25, 0.3) is 0 Å². The van der Waals surface area contributed by atoms with Crippen LogP contribution in [0.3, 0.4) is 0 Å². The second kappa shape index (κ2) is 10.6. The maximum Gasteiger partial charge on any atom is 0.222 e. The Hall–Kier alpha value is -2.08. The molecule has 1 atom stereocenters. The number of likely N-dealkylation sites (tertiary alicyclic amines) is 2. The molecule has 0 N–H and O–H groups in total. The van der Waals surface area contributed by atoms with E-state index in [1.165, 1.54) is 39.3 Å². The highest BCUT2D eigenvalue weighted by Crippen LogP contribution is 2.28. The molecule has 3 rings (SSSR count). The minimum absolute atomic E-state index is 0.00910. The van der Waals surface area contributed by atoms with Crippen molar-refractivity contribution in [2.45, 2.75) is 57.9 Å². The molecule has 160 valence electrons. The number of nitrogens with zero attached hydrogens (tertiary/aromatic N) is 2. The van der Waals surface area contributed by atoms with Crippen LogP contribution in [-0.2, 0) is 4.79 Å². The molecule has 2 heterocycles. The summed E-state index contributed by atoms with van der Waals surface area (Å²) in [6.45, 7) is 6.25. The maximum atomic E-state index is 12.7. The van der Waals surface area contributed by atoms with Crippen LogP contribution >= 0.6 is 0 Å². The molecule has 0 saturated carbocycles. The van der Waals surface area contributed by atoms with Gasteiger partial charge in [0.1, 0.15) is 0 Å². The molecule has 0 bridgehead atoms. The van der Waals surface area contributed by atoms with Crippen molar-refractivity contribution < 1.29 is 19.1 Å². The summed E-state index contributed by atoms with van der Waals surface area (Å²) in [6, 6.07) is 5.56. The van der Waals surface area contributed by atoms with Crippen LogP contribution < -0.4 is 9.47 Å². The third-order valence-corrected chi connectivity index (χ3v) is 5.98. The van der Waals surface area contributed by atoms with E-state index in [0.29, 0.717) is 42.6 Å². The van der Waals surface area contributed by atoms with E-state index in [1.54, 1.807) is 25.3 Å². The number of benzene rings is 1. The van der Waals surface area contributed by atoms with E-state index >= 15 is 0 Å². The molecule has 1 aromatic rings. The first-order valence-corrected chi connectivity index (χ1v) is 10.9. The molecule has 1 aromatic carbocycles. The number of piperidine rings is 1. The summed E-state index contributed by atoms with van der Waals surface area (Å²) in [6.07, 6.45) is 7.32. The number of methoxy groups -OCH3 is 1. The van der Waals surface area contributed by atoms with E-state index in [1.807, 2.05) is 0 Å². The van der Waals surface area contributed by atoms with Crippen LogP contribution in [0, 0.1) is 0 Å². The average Bonchev–Trinajstić information content (AvgIpc) is 3.19. The zero-order valence-corrected chi connectivity index (χ0v) is 17.8. The molecule has 0 spiro atoms. The molecule has 0 aromatic heterocycles. The smallest absolute Gasteiger partial charge is 0.222 e. The third-order valence-electron chi connectivity index (χ3n) is 5.98. The van der Waals surface area contributed by atoms with E-state index < -0.39 is 0 Å². The predicted molar refractivity (Wildman–Crippen MR) is 113 cm³/mol. The van der Waals surface area contributed by atoms with Crippen molar-refractivity contribution in [3.05, 3.63) is 23.8 Å². The Morgan fingerprint density at radius 2 is 1.86 bits per heavy atom. The van der Waals surface area contributed by atoms with Crippen LogP contribution in [0.2, 0.25) is 0 Å². The molecular formula is C23H34N2O4. The lowest BCUT2D eigenvalue weighted by molar-refractivity contribution is -0.132. The Morgan fingerprint density at radius 1 is 1.07 bits per heavy atom. The molecule has 2 fully saturated rings. The summed E-state index contributed by atoms with van der Waals surface area (Å²) < 4.78 is 11.1. The number of hydrogen-bond donors (Lipinski definition) is 0. The lowest BCUT2D eigenvalue weighted by Crippen LogP contribution is -2.44. The van der Waals surface area contributed by atoms with E-state index in [4.69, 9.17) is 9.47 Å². The first kappa shape index (κ1) is 21.6. The van der Waals surface area contributed by atoms with Crippen molar-refractivity contribution in [1.82, 2.24) is 9.80 Å². The van der Waals surface area contributed by atoms with Crippen molar-refractivity contribution in [2.75, 3.05) is 39.9 Å². The summed E-state index contributed by atoms with van der Waals surface area (Å²) in [5, 5.41) is 0. The van der Waals surface area contributed by atoms with Gasteiger partial charge in [-0.1, -0.05) is 6.42 Å². The summed E-state index contributed by atoms with van der Waals surface area (Å²) >= 11 is 0. The van der Waals surface area contributed by atoms with Crippen LogP contribution in [-0.4, -0.2) is 67.4 Å². The Bertz CT molecular complexity index is 700. The number of ketones is 1. The molecule has 29 heavy (non-hydrogen) atoms. The molecule has 6 nitrogen and oxygen atoms in total. The minimum atomic E-state index is -0.00910. The molecule has 2 aliphatic rings. The summed E-state index contributed by atoms with van der Waals surface area (Å²) in [7, 11) is 1.56. The minimum Gasteiger partial charge on any atom is -0.493 e. The van der Waals surface area contributed by atoms with Gasteiger partial charge in [-0.15, -0.1) is 0 Å². The number of carbonyl (C=O) groups is 2. The second-order valence-electron chi connectivity index (χ2n) is 8.12. The van der Waals surface area contributed by atoms with Gasteiger partial charge in [0.05, 0.1) is 13.7 Å². The van der Waals surface area contributed by atoms with Gasteiger partial charge in [-0.05, 0) is 70.3 Å². The lowest BCUT2D eigenvalue weighted by Gasteiger charge is -2.33. The van der Waals surface area contributed by atoms with E-state index in [2.05, 4.69) is 9.80 Å². The average molecular weight is 403 g/mol. The Labute approximate surface area is 174 Å². The molecule has 0 aliphatic carbocycles. The van der Waals surface area contributed by atoms with Crippen LogP contribution in [0.5, 0.6) is 11.5 Å². The van der Waals surface area contributed by atoms with Gasteiger partial charge in [-0.25, -0.2) is 0 Å². The number of ether oxygens (including phenoxy) is 2. The highest BCUT2D eigenvalue weighted by Gasteiger charge is 2.30. The van der Waals surface area contributed by atoms with E-state index in [9.17, 15) is 9.59 Å². The topological polar surface area (TPSA) is 59.1 Å². The number of Topliss-reactive ketones (excluding diaryl/α,β-unsaturated/α-hetero) is 1. The molecule has 1 unspecified atom stereocenters. The Balaban J connectivity index is 1.44. The predicted octanol–water partition coefficient (Wildman–Crippen LogP) is 3.53. The zero-order chi connectivity index (χ0) is 20.6. The first-order chi connectivity index (χ1) is 14.1. The normalized spacial score (nSPS) is 19.9. The number of amides is 1. The Kier molecular flexibility index (Phi) is 7.92. The largest absolute Gasteiger partial charge is 0.493 e. The van der Waals surface area contributed by atoms with Crippen LogP contribution in [0.1, 0.15) is 62.2 Å². The van der Waals surface area contributed by atoms with Gasteiger partial charge in [0.2, 0.25) is 5.91 Å². The van der Waals surface area contributed by atoms with E-state index in [0.717, 1.165) is 25.9 Å². The molecule has 2 aliphatic heterocycles. The van der Waals surface area contributed by atoms with Gasteiger partial charge >= 0.3 is 0 Å². The highest BCUT2D eigenvalue weighted by atomic mass is 16.5. The number of carbonyl (C=O) groups excluding carboxylic acids is 2. The van der Waals surface area contributed by atoms with E-state index in [-0.39, 0.29) is 11.7 Å². The molecule has 2 saturated heterocycles. The van der Waals surface area contributed by atoms with Gasteiger partial charge < -0.3 is 19.3 Å². The van der Waals surface area contributed by atoms with Crippen LogP contribution in [0.15, 0.2) is 18.2 Å². The highest BCUT2D eigenvalue weighted by molar-refractivity contribution is 5.94. The summed E-state index contributed by atoms with van der Waals surface area (Å²) in [4.78, 5) is 28.9. The molecular weight excluding hydrogens is 368 g/mol. The van der Waals surface area contributed by atoms with Crippen molar-refractivity contribution in [1.29, 1.82) is 0 Å². The first-order valence-electron chi connectivity index (χ1n) is 10.9. The van der Waals surface area contributed by atoms with Crippen molar-refractivity contribution in [2.24, 2.45) is 0 Å². The fraction of sp³-hybridized carbons (Fsp3) is 0.652. The maximum absolute atomic E-state index is 12.7. The quantitative estimate of drug-likeness (QED) is 0.467. The van der Waals surface area contributed by atoms with Crippen molar-refractivity contribution >= 4 is 11.7 Å². The van der Waals surface area contributed by atoms with Crippen molar-refractivity contribution in [3.63, 3.8) is 0 Å². The molecule has 0 radical (unpaired) electrons. The van der Waals surface area contributed by atoms with Crippen LogP contribution in [0.4, 0.5) is 0 Å². The fourth-order valence-corrected chi connectivity index (χ4v) is 4.35. The monoisotopic (exact) mass is 402 g/mol. The van der Waals surface area contributed by atoms with Gasteiger partial charge in [0, 0.05) is 31.1 Å². The third kappa shape index (κ3) is 5.95. The molecule has 1 amide bonds. The van der Waals surface area contributed by atoms with Gasteiger partial charge in [0.15, 0.2) is 17.3 Å². The standard InChI is InChI=1S/C23H34N2O4/c1-18(26)19-10-11-21(22(16-19)28-2)29-15-7-9-23(27)25-14-6-8-20(25)17-24-12-4-3-5-13-24/h10-11,16,20H,3-9,12-15,17H2,1-2H3. The van der Waals surface area contributed by atoms with Gasteiger partial charge in [0.25, 0.3) is 0 Å². The molecule has 6 heteroatoms. The number of hydrogen-bond acceptors (Lipinski definition) is 5. The fourth-order valence-electron chi connectivity index (χ4n) is 4.35. The second-order valence-corrected chi connectivity index (χ2v) is 8.12. The number of rotatable bonds is 9. The van der Waals surface area contributed by atoms with Crippen molar-refractivity contribution in [3.8, 4) is 11.5 Å². The zero-order valence-electron chi connectivity index (χ0n) is 17.8. The van der Waals surface area contributed by atoms with Gasteiger partial charge in [-0.3, -0.25) is 9.59 Å². The lowest BCUT2D eigenvalue weighted by atomic mass is 10.1. The SMILES string of the molecule is COc1cc(C(C)=O)ccc1OCCCC(=O)N1CCCC1CN1CCCCC1. The Morgan fingerprint density at radius 3 is 2.59 bits per heavy atom. The summed E-state index contributed by atoms with van der Waals surface area (Å²) in [5.41, 5.74) is 0.596. The van der Waals surface area contributed by atoms with Gasteiger partial charge in [-0.2, -0.15) is 0 Å². The summed E-state index contributed by atoms with van der Waals surface area (Å²) in [5.74, 6) is 1.39.